The van der Waals surface area contributed by atoms with Crippen LogP contribution in [0.1, 0.15) is 5.56 Å². The van der Waals surface area contributed by atoms with Crippen LogP contribution in [0.15, 0.2) is 115 Å². The van der Waals surface area contributed by atoms with Gasteiger partial charge in [-0.15, -0.1) is 0 Å². The van der Waals surface area contributed by atoms with Crippen molar-refractivity contribution in [3.8, 4) is 0 Å². The summed E-state index contributed by atoms with van der Waals surface area (Å²) in [5.41, 5.74) is 1.29. The third-order valence-corrected chi connectivity index (χ3v) is 9.14. The smallest absolute Gasteiger partial charge is 0.418 e. The predicted octanol–water partition coefficient (Wildman–Crippen LogP) is 5.91. The Morgan fingerprint density at radius 3 is 1.00 bits per heavy atom. The Labute approximate surface area is 181 Å². The molecule has 0 heterocycles. The molecular weight excluding hydrogens is 418 g/mol. The van der Waals surface area contributed by atoms with E-state index in [2.05, 4.69) is 122 Å². The maximum absolute atomic E-state index is 9.75. The van der Waals surface area contributed by atoms with Gasteiger partial charge in [-0.1, -0.05) is 72.3 Å². The van der Waals surface area contributed by atoms with Crippen molar-refractivity contribution in [1.82, 2.24) is 0 Å². The van der Waals surface area contributed by atoms with E-state index in [0.717, 1.165) is 0 Å². The van der Waals surface area contributed by atoms with Crippen molar-refractivity contribution in [3.05, 3.63) is 121 Å². The van der Waals surface area contributed by atoms with Crippen LogP contribution in [0.2, 0.25) is 0 Å². The Hall–Kier alpha value is -2.91. The quantitative estimate of drug-likeness (QED) is 0.210. The van der Waals surface area contributed by atoms with Crippen LogP contribution in [0, 0.1) is 6.92 Å². The van der Waals surface area contributed by atoms with Crippen LogP contribution >= 0.6 is 7.26 Å². The molecule has 0 spiro atoms. The van der Waals surface area contributed by atoms with Crippen molar-refractivity contribution in [2.24, 2.45) is 0 Å². The van der Waals surface area contributed by atoms with E-state index in [4.69, 9.17) is 0 Å². The summed E-state index contributed by atoms with van der Waals surface area (Å²) in [7, 11) is -7.93. The molecule has 0 bridgehead atoms. The molecule has 4 rings (SSSR count). The van der Waals surface area contributed by atoms with Gasteiger partial charge in [-0.25, -0.2) is 0 Å². The van der Waals surface area contributed by atoms with Crippen molar-refractivity contribution in [1.29, 1.82) is 0 Å². The van der Waals surface area contributed by atoms with Crippen LogP contribution in [0.25, 0.3) is 0 Å². The lowest BCUT2D eigenvalue weighted by molar-refractivity contribution is 0.368. The highest BCUT2D eigenvalue weighted by atomic mass is 31.2. The second kappa shape index (κ2) is 9.93. The van der Waals surface area contributed by atoms with Gasteiger partial charge in [-0.05, 0) is 55.5 Å². The summed E-state index contributed by atoms with van der Waals surface area (Å²) in [6, 6.07) is 42.1. The van der Waals surface area contributed by atoms with Crippen LogP contribution in [0.5, 0.6) is 0 Å². The molecule has 0 aromatic heterocycles. The fourth-order valence-electron chi connectivity index (χ4n) is 3.62. The highest BCUT2D eigenvalue weighted by Gasteiger charge is 2.47. The lowest BCUT2D eigenvalue weighted by Gasteiger charge is -2.27. The van der Waals surface area contributed by atoms with Gasteiger partial charge in [-0.3, -0.25) is 0 Å². The molecule has 31 heavy (non-hydrogen) atoms. The minimum absolute atomic E-state index is 1.29. The molecule has 4 aromatic rings. The van der Waals surface area contributed by atoms with Crippen LogP contribution in [-0.4, -0.2) is 7.25 Å². The number of aryl methyl sites for hydroxylation is 1. The molecule has 0 nitrogen and oxygen atoms in total. The molecule has 0 aliphatic rings. The van der Waals surface area contributed by atoms with Crippen molar-refractivity contribution < 1.29 is 17.3 Å². The zero-order valence-electron chi connectivity index (χ0n) is 17.0. The predicted molar refractivity (Wildman–Crippen MR) is 126 cm³/mol. The van der Waals surface area contributed by atoms with E-state index in [1.807, 2.05) is 0 Å². The monoisotopic (exact) mass is 440 g/mol. The number of hydrogen-bond acceptors (Lipinski definition) is 0. The largest absolute Gasteiger partial charge is 0.673 e. The summed E-state index contributed by atoms with van der Waals surface area (Å²) in [5, 5.41) is 5.57. The van der Waals surface area contributed by atoms with Crippen LogP contribution in [0.4, 0.5) is 17.3 Å². The zero-order chi connectivity index (χ0) is 22.3. The maximum atomic E-state index is 9.75. The molecule has 0 amide bonds. The highest BCUT2D eigenvalue weighted by Crippen LogP contribution is 2.54. The van der Waals surface area contributed by atoms with Crippen molar-refractivity contribution >= 4 is 35.7 Å². The molecule has 0 atom stereocenters. The molecule has 0 N–H and O–H groups in total. The topological polar surface area (TPSA) is 0 Å². The number of hydrogen-bond donors (Lipinski definition) is 0. The normalized spacial score (nSPS) is 11.4. The van der Waals surface area contributed by atoms with E-state index in [9.17, 15) is 17.3 Å². The van der Waals surface area contributed by atoms with E-state index in [0.29, 0.717) is 0 Å². The van der Waals surface area contributed by atoms with Gasteiger partial charge in [0, 0.05) is 0 Å². The van der Waals surface area contributed by atoms with Crippen LogP contribution in [0.3, 0.4) is 0 Å². The first-order valence-electron chi connectivity index (χ1n) is 9.82. The summed E-state index contributed by atoms with van der Waals surface area (Å²) in [4.78, 5) is 0. The fraction of sp³-hybridized carbons (Fsp3) is 0.0400. The maximum Gasteiger partial charge on any atom is 0.673 e. The van der Waals surface area contributed by atoms with Gasteiger partial charge in [0.1, 0.15) is 28.5 Å². The molecule has 0 saturated heterocycles. The summed E-state index contributed by atoms with van der Waals surface area (Å²) >= 11 is 0. The Balaban J connectivity index is 0.000000491. The standard InChI is InChI=1S/C25H22P.BF4/c1-21-17-19-25(20-18-21)26(22-11-5-2-6-12-22,23-13-7-3-8-14-23)24-15-9-4-10-16-24;2-1(3,4)5/h2-20H,1H3;/q+1;-1. The van der Waals surface area contributed by atoms with Gasteiger partial charge in [0.05, 0.1) is 0 Å². The van der Waals surface area contributed by atoms with Gasteiger partial charge >= 0.3 is 7.25 Å². The van der Waals surface area contributed by atoms with E-state index in [-0.39, 0.29) is 0 Å². The van der Waals surface area contributed by atoms with E-state index < -0.39 is 14.5 Å². The summed E-state index contributed by atoms with van der Waals surface area (Å²) in [5.74, 6) is 0. The van der Waals surface area contributed by atoms with Gasteiger partial charge in [0.25, 0.3) is 0 Å². The van der Waals surface area contributed by atoms with Crippen molar-refractivity contribution in [3.63, 3.8) is 0 Å². The summed E-state index contributed by atoms with van der Waals surface area (Å²) in [6.07, 6.45) is 0. The number of benzene rings is 4. The van der Waals surface area contributed by atoms with Crippen molar-refractivity contribution in [2.75, 3.05) is 0 Å². The number of rotatable bonds is 4. The molecule has 0 unspecified atom stereocenters. The third-order valence-electron chi connectivity index (χ3n) is 4.85. The van der Waals surface area contributed by atoms with E-state index in [1.54, 1.807) is 0 Å². The van der Waals surface area contributed by atoms with E-state index in [1.165, 1.54) is 26.8 Å². The molecule has 0 radical (unpaired) electrons. The lowest BCUT2D eigenvalue weighted by atomic mass is 10.2. The third kappa shape index (κ3) is 5.62. The molecule has 4 aromatic carbocycles. The van der Waals surface area contributed by atoms with Gasteiger partial charge in [0.2, 0.25) is 0 Å². The van der Waals surface area contributed by atoms with Crippen LogP contribution in [-0.2, 0) is 0 Å². The zero-order valence-corrected chi connectivity index (χ0v) is 17.9. The second-order valence-electron chi connectivity index (χ2n) is 7.01. The molecule has 0 saturated carbocycles. The van der Waals surface area contributed by atoms with Crippen molar-refractivity contribution in [2.45, 2.75) is 6.92 Å². The molecule has 0 aliphatic carbocycles. The minimum atomic E-state index is -6.00. The minimum Gasteiger partial charge on any atom is -0.418 e. The highest BCUT2D eigenvalue weighted by molar-refractivity contribution is 8.01. The van der Waals surface area contributed by atoms with Gasteiger partial charge < -0.3 is 17.3 Å². The first kappa shape index (κ1) is 22.8. The SMILES string of the molecule is Cc1ccc([P+](c2ccccc2)(c2ccccc2)c2ccccc2)cc1.F[B-](F)(F)F. The molecule has 0 fully saturated rings. The Morgan fingerprint density at radius 2 is 0.710 bits per heavy atom. The summed E-state index contributed by atoms with van der Waals surface area (Å²) < 4.78 is 39.0. The first-order chi connectivity index (χ1) is 14.8. The average molecular weight is 440 g/mol. The van der Waals surface area contributed by atoms with Gasteiger partial charge in [0.15, 0.2) is 0 Å². The lowest BCUT2D eigenvalue weighted by Crippen LogP contribution is -2.38. The Morgan fingerprint density at radius 1 is 0.452 bits per heavy atom. The number of halogens is 4. The molecule has 6 heteroatoms. The summed E-state index contributed by atoms with van der Waals surface area (Å²) in [6.45, 7) is 2.15. The molecule has 158 valence electrons. The second-order valence-corrected chi connectivity index (χ2v) is 10.4. The first-order valence-corrected chi connectivity index (χ1v) is 11.6. The molecule has 0 aliphatic heterocycles. The van der Waals surface area contributed by atoms with Crippen LogP contribution < -0.4 is 21.2 Å². The fourth-order valence-corrected chi connectivity index (χ4v) is 7.86. The molecular formula is C25H22BF4P. The average Bonchev–Trinajstić information content (AvgIpc) is 2.77. The van der Waals surface area contributed by atoms with Gasteiger partial charge in [-0.2, -0.15) is 0 Å². The van der Waals surface area contributed by atoms with E-state index >= 15 is 0 Å². The Kier molecular flexibility index (Phi) is 7.30. The Bertz CT molecular complexity index is 965.